The number of fused-ring (bicyclic) bond motifs is 2. The minimum atomic E-state index is -6.28. The normalized spacial score (nSPS) is 11.5. The molecule has 4 rings (SSSR count). The summed E-state index contributed by atoms with van der Waals surface area (Å²) in [4.78, 5) is 26.7. The second-order valence-electron chi connectivity index (χ2n) is 8.48. The largest absolute Gasteiger partial charge is 1.00 e. The number of hydrogen-bond donors (Lipinski definition) is 1. The summed E-state index contributed by atoms with van der Waals surface area (Å²) in [6.45, 7) is -4.16. The number of hydrogen-bond acceptors (Lipinski definition) is 12. The second-order valence-corrected chi connectivity index (χ2v) is 10.8. The average Bonchev–Trinajstić information content (AvgIpc) is 3.03. The Hall–Kier alpha value is -0.857. The van der Waals surface area contributed by atoms with Crippen LogP contribution in [-0.4, -0.2) is 83.4 Å². The van der Waals surface area contributed by atoms with Crippen LogP contribution in [-0.2, 0) is 24.0 Å². The van der Waals surface area contributed by atoms with E-state index in [0.717, 1.165) is 11.6 Å². The van der Waals surface area contributed by atoms with Gasteiger partial charge in [-0.05, 0) is 24.3 Å². The van der Waals surface area contributed by atoms with Gasteiger partial charge in [-0.15, -0.1) is 0 Å². The van der Waals surface area contributed by atoms with Crippen LogP contribution in [0.2, 0.25) is 10.3 Å². The standard InChI is InChI=1S/C11H7ClF4N2O.C8H5ClN2O.C4H3F7O3S.CH2O3.2K.H/c12-9-8-6(1-2-17-9)3-7(4-18-8)19-5-11(15,16)10(13)14;9-8-7-5(1-2-10-8)3-6(12)4-11-7;5-2(6)3(7,8)1-14-15(12,13)4(9,10)11;2-1-4-3;;;/h1-4,10H,5H2;1-4,12H;2H,1H2;1,3H;;;/q;;;;2*+1;-1/p-1. The van der Waals surface area contributed by atoms with E-state index < -0.39 is 53.5 Å². The molecular formula is C24H17Cl2F11K2N4O8S. The van der Waals surface area contributed by atoms with Crippen LogP contribution in [0.1, 0.15) is 1.43 Å². The Kier molecular flexibility index (Phi) is 24.5. The van der Waals surface area contributed by atoms with Crippen LogP contribution in [0.15, 0.2) is 49.1 Å². The third kappa shape index (κ3) is 17.7. The van der Waals surface area contributed by atoms with E-state index in [2.05, 4.69) is 33.7 Å². The van der Waals surface area contributed by atoms with Crippen molar-refractivity contribution in [2.45, 2.75) is 30.2 Å². The van der Waals surface area contributed by atoms with Crippen LogP contribution in [0.3, 0.4) is 0 Å². The van der Waals surface area contributed by atoms with E-state index in [-0.39, 0.29) is 127 Å². The smallest absolute Gasteiger partial charge is 1.00 e. The van der Waals surface area contributed by atoms with E-state index in [1.54, 1.807) is 24.4 Å². The first-order valence-electron chi connectivity index (χ1n) is 12.1. The Bertz CT molecular complexity index is 1830. The van der Waals surface area contributed by atoms with Gasteiger partial charge in [0, 0.05) is 23.2 Å². The first kappa shape index (κ1) is 53.2. The average molecular weight is 880 g/mol. The van der Waals surface area contributed by atoms with E-state index in [1.165, 1.54) is 18.5 Å². The second kappa shape index (κ2) is 23.9. The number of aromatic nitrogens is 4. The van der Waals surface area contributed by atoms with Gasteiger partial charge in [-0.1, -0.05) is 23.2 Å². The summed E-state index contributed by atoms with van der Waals surface area (Å²) in [6.07, 6.45) is -2.65. The number of carbonyl (C=O) groups excluding carboxylic acids is 1. The molecule has 0 atom stereocenters. The molecule has 0 aromatic carbocycles. The van der Waals surface area contributed by atoms with Gasteiger partial charge in [0.2, 0.25) is 0 Å². The maximum Gasteiger partial charge on any atom is 1.00 e. The van der Waals surface area contributed by atoms with Crippen molar-refractivity contribution in [1.82, 2.24) is 19.9 Å². The molecule has 4 aromatic rings. The van der Waals surface area contributed by atoms with Gasteiger partial charge in [-0.25, -0.2) is 37.5 Å². The maximum atomic E-state index is 12.7. The third-order valence-corrected chi connectivity index (χ3v) is 6.42. The van der Waals surface area contributed by atoms with Crippen molar-refractivity contribution in [3.05, 3.63) is 59.4 Å². The van der Waals surface area contributed by atoms with Crippen molar-refractivity contribution < 1.29 is 190 Å². The molecule has 0 saturated heterocycles. The number of carbonyl (C=O) groups is 1. The Balaban J connectivity index is -0.000000667. The molecule has 0 aliphatic carbocycles. The number of halogens is 13. The molecular weight excluding hydrogens is 862 g/mol. The summed E-state index contributed by atoms with van der Waals surface area (Å²) >= 11 is 11.5. The summed E-state index contributed by atoms with van der Waals surface area (Å²) < 4.78 is 158. The molecule has 0 radical (unpaired) electrons. The summed E-state index contributed by atoms with van der Waals surface area (Å²) in [5.74, 6) is -9.08. The molecule has 4 aromatic heterocycles. The zero-order valence-corrected chi connectivity index (χ0v) is 34.3. The monoisotopic (exact) mass is 878 g/mol. The summed E-state index contributed by atoms with van der Waals surface area (Å²) in [7, 11) is -6.28. The van der Waals surface area contributed by atoms with Crippen molar-refractivity contribution in [3.8, 4) is 11.5 Å². The number of ether oxygens (including phenoxy) is 1. The fraction of sp³-hybridized carbons (Fsp3) is 0.292. The zero-order valence-electron chi connectivity index (χ0n) is 26.7. The Labute approximate surface area is 380 Å². The van der Waals surface area contributed by atoms with E-state index >= 15 is 0 Å². The van der Waals surface area contributed by atoms with Crippen molar-refractivity contribution in [2.24, 2.45) is 0 Å². The van der Waals surface area contributed by atoms with Crippen molar-refractivity contribution in [1.29, 1.82) is 0 Å². The van der Waals surface area contributed by atoms with Crippen molar-refractivity contribution in [2.75, 3.05) is 13.2 Å². The van der Waals surface area contributed by atoms with E-state index in [9.17, 15) is 56.7 Å². The molecule has 28 heteroatoms. The molecule has 0 unspecified atom stereocenters. The Morgan fingerprint density at radius 2 is 1.23 bits per heavy atom. The van der Waals surface area contributed by atoms with E-state index in [1.807, 2.05) is 0 Å². The van der Waals surface area contributed by atoms with E-state index in [4.69, 9.17) is 38.4 Å². The van der Waals surface area contributed by atoms with Crippen LogP contribution in [0.4, 0.5) is 48.3 Å². The van der Waals surface area contributed by atoms with Crippen molar-refractivity contribution >= 4 is 61.6 Å². The molecule has 1 N–H and O–H groups in total. The molecule has 0 spiro atoms. The number of aromatic hydroxyl groups is 1. The van der Waals surface area contributed by atoms with Gasteiger partial charge in [0.15, 0.2) is 16.9 Å². The Morgan fingerprint density at radius 1 is 0.808 bits per heavy atom. The zero-order chi connectivity index (χ0) is 38.5. The van der Waals surface area contributed by atoms with Crippen LogP contribution in [0.5, 0.6) is 11.5 Å². The summed E-state index contributed by atoms with van der Waals surface area (Å²) in [6, 6.07) is 6.26. The molecule has 0 fully saturated rings. The first-order chi connectivity index (χ1) is 23.0. The fourth-order valence-corrected chi connectivity index (χ4v) is 3.50. The third-order valence-electron chi connectivity index (χ3n) is 4.87. The van der Waals surface area contributed by atoms with Gasteiger partial charge in [0.25, 0.3) is 6.47 Å². The predicted octanol–water partition coefficient (Wildman–Crippen LogP) is -0.141. The van der Waals surface area contributed by atoms with Gasteiger partial charge in [-0.2, -0.15) is 39.2 Å². The Morgan fingerprint density at radius 3 is 1.65 bits per heavy atom. The minimum absolute atomic E-state index is 0. The molecule has 280 valence electrons. The van der Waals surface area contributed by atoms with Crippen LogP contribution < -0.4 is 113 Å². The number of nitrogens with zero attached hydrogens (tertiary/aromatic N) is 4. The number of rotatable bonds is 9. The SMILES string of the molecule is FC(F)C(F)(F)COc1cnc2c(Cl)nccc2c1.O=CO[O-].O=S(=O)(OCC(F)(F)C(F)F)C(F)(F)F.Oc1cnc2c(Cl)nccc2c1.[H-].[K+].[K+]. The van der Waals surface area contributed by atoms with Crippen molar-refractivity contribution in [3.63, 3.8) is 0 Å². The summed E-state index contributed by atoms with van der Waals surface area (Å²) in [5, 5.41) is 19.3. The molecule has 0 bridgehead atoms. The molecule has 12 nitrogen and oxygen atoms in total. The molecule has 4 heterocycles. The van der Waals surface area contributed by atoms with Gasteiger partial charge in [0.1, 0.15) is 29.1 Å². The molecule has 0 saturated carbocycles. The maximum absolute atomic E-state index is 12.7. The minimum Gasteiger partial charge on any atom is -1.00 e. The topological polar surface area (TPSA) is 174 Å². The van der Waals surface area contributed by atoms with Gasteiger partial charge in [0.05, 0.1) is 12.4 Å². The first-order valence-corrected chi connectivity index (χ1v) is 14.3. The fourth-order valence-electron chi connectivity index (χ4n) is 2.63. The number of pyridine rings is 4. The molecule has 0 aliphatic heterocycles. The van der Waals surface area contributed by atoms with Gasteiger partial charge < -0.3 is 21.4 Å². The quantitative estimate of drug-likeness (QED) is 0.0346. The number of alkyl halides is 11. The molecule has 0 amide bonds. The van der Waals surface area contributed by atoms with Gasteiger partial charge >= 0.3 is 143 Å². The van der Waals surface area contributed by atoms with E-state index in [0.29, 0.717) is 21.6 Å². The van der Waals surface area contributed by atoms with Crippen LogP contribution >= 0.6 is 23.2 Å². The molecule has 52 heavy (non-hydrogen) atoms. The van der Waals surface area contributed by atoms with Crippen LogP contribution in [0, 0.1) is 0 Å². The summed E-state index contributed by atoms with van der Waals surface area (Å²) in [5.41, 5.74) is -4.94. The molecule has 0 aliphatic rings. The predicted molar refractivity (Wildman–Crippen MR) is 147 cm³/mol. The van der Waals surface area contributed by atoms with Gasteiger partial charge in [-0.3, -0.25) is 8.98 Å². The van der Waals surface area contributed by atoms with Crippen LogP contribution in [0.25, 0.3) is 21.8 Å².